The highest BCUT2D eigenvalue weighted by Gasteiger charge is 2.44. The lowest BCUT2D eigenvalue weighted by atomic mass is 9.64. The standard InChI is InChI=1S/C12H23NO/c1-2-7-13-9-12(6-8-14-10-12)11-4-3-5-11/h11,13H,2-10H2,1H3. The molecule has 0 amide bonds. The molecule has 1 heterocycles. The van der Waals surface area contributed by atoms with Gasteiger partial charge in [-0.05, 0) is 38.1 Å². The average Bonchev–Trinajstić information content (AvgIpc) is 2.51. The highest BCUT2D eigenvalue weighted by molar-refractivity contribution is 4.94. The third-order valence-corrected chi connectivity index (χ3v) is 4.01. The Labute approximate surface area is 87.4 Å². The second-order valence-corrected chi connectivity index (χ2v) is 4.97. The van der Waals surface area contributed by atoms with E-state index in [0.29, 0.717) is 5.41 Å². The van der Waals surface area contributed by atoms with E-state index in [0.717, 1.165) is 25.7 Å². The summed E-state index contributed by atoms with van der Waals surface area (Å²) in [6.07, 6.45) is 6.85. The second-order valence-electron chi connectivity index (χ2n) is 4.97. The largest absolute Gasteiger partial charge is 0.381 e. The second kappa shape index (κ2) is 4.63. The molecule has 2 nitrogen and oxygen atoms in total. The number of ether oxygens (including phenoxy) is 1. The maximum atomic E-state index is 5.61. The van der Waals surface area contributed by atoms with E-state index in [9.17, 15) is 0 Å². The predicted octanol–water partition coefficient (Wildman–Crippen LogP) is 2.19. The molecule has 0 radical (unpaired) electrons. The summed E-state index contributed by atoms with van der Waals surface area (Å²) in [7, 11) is 0. The summed E-state index contributed by atoms with van der Waals surface area (Å²) in [5.41, 5.74) is 0.507. The van der Waals surface area contributed by atoms with Crippen LogP contribution in [0.5, 0.6) is 0 Å². The Bertz CT molecular complexity index is 171. The predicted molar refractivity (Wildman–Crippen MR) is 58.4 cm³/mol. The van der Waals surface area contributed by atoms with Crippen LogP contribution in [0.15, 0.2) is 0 Å². The van der Waals surface area contributed by atoms with Gasteiger partial charge in [0.05, 0.1) is 6.61 Å². The van der Waals surface area contributed by atoms with E-state index >= 15 is 0 Å². The fourth-order valence-electron chi connectivity index (χ4n) is 2.76. The van der Waals surface area contributed by atoms with E-state index in [1.54, 1.807) is 0 Å². The van der Waals surface area contributed by atoms with Gasteiger partial charge in [-0.2, -0.15) is 0 Å². The van der Waals surface area contributed by atoms with Crippen LogP contribution < -0.4 is 5.32 Å². The summed E-state index contributed by atoms with van der Waals surface area (Å²) < 4.78 is 5.61. The zero-order chi connectivity index (χ0) is 9.86. The van der Waals surface area contributed by atoms with Gasteiger partial charge in [-0.25, -0.2) is 0 Å². The van der Waals surface area contributed by atoms with Gasteiger partial charge in [-0.1, -0.05) is 13.3 Å². The van der Waals surface area contributed by atoms with Crippen molar-refractivity contribution in [3.8, 4) is 0 Å². The van der Waals surface area contributed by atoms with Crippen LogP contribution in [0.2, 0.25) is 0 Å². The molecule has 82 valence electrons. The first-order valence-electron chi connectivity index (χ1n) is 6.16. The minimum absolute atomic E-state index is 0.507. The molecule has 1 saturated carbocycles. The first-order chi connectivity index (χ1) is 6.87. The van der Waals surface area contributed by atoms with Crippen molar-refractivity contribution in [1.82, 2.24) is 5.32 Å². The van der Waals surface area contributed by atoms with E-state index in [1.165, 1.54) is 38.6 Å². The van der Waals surface area contributed by atoms with E-state index in [2.05, 4.69) is 12.2 Å². The lowest BCUT2D eigenvalue weighted by Crippen LogP contribution is -2.44. The molecule has 0 bridgehead atoms. The Morgan fingerprint density at radius 1 is 1.43 bits per heavy atom. The van der Waals surface area contributed by atoms with Crippen molar-refractivity contribution < 1.29 is 4.74 Å². The molecule has 2 aliphatic rings. The van der Waals surface area contributed by atoms with Gasteiger partial charge in [0.15, 0.2) is 0 Å². The van der Waals surface area contributed by atoms with Crippen LogP contribution >= 0.6 is 0 Å². The van der Waals surface area contributed by atoms with Crippen molar-refractivity contribution in [3.63, 3.8) is 0 Å². The van der Waals surface area contributed by atoms with Gasteiger partial charge < -0.3 is 10.1 Å². The van der Waals surface area contributed by atoms with Crippen molar-refractivity contribution >= 4 is 0 Å². The minimum atomic E-state index is 0.507. The summed E-state index contributed by atoms with van der Waals surface area (Å²) in [4.78, 5) is 0. The Hall–Kier alpha value is -0.0800. The van der Waals surface area contributed by atoms with Gasteiger partial charge in [0, 0.05) is 18.6 Å². The number of hydrogen-bond acceptors (Lipinski definition) is 2. The molecule has 0 spiro atoms. The Kier molecular flexibility index (Phi) is 3.45. The topological polar surface area (TPSA) is 21.3 Å². The van der Waals surface area contributed by atoms with Crippen LogP contribution in [0.1, 0.15) is 39.0 Å². The van der Waals surface area contributed by atoms with Gasteiger partial charge in [-0.15, -0.1) is 0 Å². The summed E-state index contributed by atoms with van der Waals surface area (Å²) in [5.74, 6) is 0.953. The zero-order valence-corrected chi connectivity index (χ0v) is 9.35. The van der Waals surface area contributed by atoms with Gasteiger partial charge in [0.2, 0.25) is 0 Å². The molecule has 1 aliphatic heterocycles. The van der Waals surface area contributed by atoms with E-state index in [1.807, 2.05) is 0 Å². The molecule has 2 rings (SSSR count). The molecule has 1 atom stereocenters. The van der Waals surface area contributed by atoms with E-state index in [-0.39, 0.29) is 0 Å². The van der Waals surface area contributed by atoms with Crippen LogP contribution in [-0.2, 0) is 4.74 Å². The zero-order valence-electron chi connectivity index (χ0n) is 9.35. The summed E-state index contributed by atoms with van der Waals surface area (Å²) in [6, 6.07) is 0. The average molecular weight is 197 g/mol. The number of nitrogens with one attached hydrogen (secondary N) is 1. The third-order valence-electron chi connectivity index (χ3n) is 4.01. The van der Waals surface area contributed by atoms with Gasteiger partial charge in [0.1, 0.15) is 0 Å². The molecule has 1 saturated heterocycles. The van der Waals surface area contributed by atoms with Crippen molar-refractivity contribution in [2.24, 2.45) is 11.3 Å². The molecule has 0 aromatic rings. The van der Waals surface area contributed by atoms with Crippen LogP contribution in [0.25, 0.3) is 0 Å². The van der Waals surface area contributed by atoms with Gasteiger partial charge >= 0.3 is 0 Å². The maximum Gasteiger partial charge on any atom is 0.0538 e. The quantitative estimate of drug-likeness (QED) is 0.682. The molecule has 1 unspecified atom stereocenters. The van der Waals surface area contributed by atoms with Crippen LogP contribution in [0, 0.1) is 11.3 Å². The first-order valence-corrected chi connectivity index (χ1v) is 6.16. The smallest absolute Gasteiger partial charge is 0.0538 e. The van der Waals surface area contributed by atoms with Crippen molar-refractivity contribution in [3.05, 3.63) is 0 Å². The summed E-state index contributed by atoms with van der Waals surface area (Å²) in [6.45, 7) is 6.58. The monoisotopic (exact) mass is 197 g/mol. The van der Waals surface area contributed by atoms with Crippen LogP contribution in [0.4, 0.5) is 0 Å². The van der Waals surface area contributed by atoms with Crippen molar-refractivity contribution in [2.75, 3.05) is 26.3 Å². The fourth-order valence-corrected chi connectivity index (χ4v) is 2.76. The maximum absolute atomic E-state index is 5.61. The normalized spacial score (nSPS) is 33.2. The Morgan fingerprint density at radius 3 is 2.79 bits per heavy atom. The SMILES string of the molecule is CCCNCC1(C2CCC2)CCOC1. The van der Waals surface area contributed by atoms with Crippen LogP contribution in [-0.4, -0.2) is 26.3 Å². The molecule has 14 heavy (non-hydrogen) atoms. The summed E-state index contributed by atoms with van der Waals surface area (Å²) in [5, 5.41) is 3.59. The van der Waals surface area contributed by atoms with E-state index < -0.39 is 0 Å². The molecular weight excluding hydrogens is 174 g/mol. The molecule has 1 N–H and O–H groups in total. The highest BCUT2D eigenvalue weighted by atomic mass is 16.5. The number of rotatable bonds is 5. The minimum Gasteiger partial charge on any atom is -0.381 e. The lowest BCUT2D eigenvalue weighted by Gasteiger charge is -2.42. The molecular formula is C12H23NO. The van der Waals surface area contributed by atoms with Crippen LogP contribution in [0.3, 0.4) is 0 Å². The van der Waals surface area contributed by atoms with Gasteiger partial charge in [-0.3, -0.25) is 0 Å². The van der Waals surface area contributed by atoms with Crippen molar-refractivity contribution in [1.29, 1.82) is 0 Å². The first kappa shape index (κ1) is 10.4. The highest BCUT2D eigenvalue weighted by Crippen LogP contribution is 2.46. The Morgan fingerprint density at radius 2 is 2.29 bits per heavy atom. The van der Waals surface area contributed by atoms with Crippen molar-refractivity contribution in [2.45, 2.75) is 39.0 Å². The molecule has 2 heteroatoms. The molecule has 1 aliphatic carbocycles. The Balaban J connectivity index is 1.85. The molecule has 0 aromatic heterocycles. The molecule has 0 aromatic carbocycles. The third kappa shape index (κ3) is 1.96. The lowest BCUT2D eigenvalue weighted by molar-refractivity contribution is 0.0597. The fraction of sp³-hybridized carbons (Fsp3) is 1.00. The molecule has 2 fully saturated rings. The van der Waals surface area contributed by atoms with Gasteiger partial charge in [0.25, 0.3) is 0 Å². The van der Waals surface area contributed by atoms with E-state index in [4.69, 9.17) is 4.74 Å². The summed E-state index contributed by atoms with van der Waals surface area (Å²) >= 11 is 0. The number of hydrogen-bond donors (Lipinski definition) is 1.